The van der Waals surface area contributed by atoms with Crippen molar-refractivity contribution in [2.45, 2.75) is 25.3 Å². The van der Waals surface area contributed by atoms with Crippen LogP contribution in [-0.2, 0) is 20.8 Å². The minimum Gasteiger partial charge on any atom is -0.495 e. The number of methoxy groups -OCH3 is 2. The molecule has 0 aliphatic carbocycles. The Bertz CT molecular complexity index is 1370. The number of urea groups is 1. The Morgan fingerprint density at radius 3 is 2.46 bits per heavy atom. The number of hydrogen-bond acceptors (Lipinski definition) is 8. The minimum atomic E-state index is -0.476. The second-order valence-electron chi connectivity index (χ2n) is 9.35. The van der Waals surface area contributed by atoms with Gasteiger partial charge in [-0.15, -0.1) is 0 Å². The van der Waals surface area contributed by atoms with Crippen molar-refractivity contribution in [1.82, 2.24) is 5.06 Å². The van der Waals surface area contributed by atoms with Gasteiger partial charge in [-0.1, -0.05) is 29.8 Å². The van der Waals surface area contributed by atoms with E-state index >= 15 is 0 Å². The lowest BCUT2D eigenvalue weighted by atomic mass is 10.1. The summed E-state index contributed by atoms with van der Waals surface area (Å²) in [6.07, 6.45) is 1.95. The van der Waals surface area contributed by atoms with E-state index in [1.54, 1.807) is 71.8 Å². The molecule has 2 amide bonds. The molecule has 1 atom stereocenters. The van der Waals surface area contributed by atoms with Crippen molar-refractivity contribution in [2.24, 2.45) is 0 Å². The molecule has 1 saturated heterocycles. The molecule has 10 nitrogen and oxygen atoms in total. The topological polar surface area (TPSA) is 115 Å². The Hall–Kier alpha value is -4.12. The number of rotatable bonds is 12. The van der Waals surface area contributed by atoms with Crippen LogP contribution < -0.4 is 20.1 Å². The maximum absolute atomic E-state index is 12.7. The zero-order valence-corrected chi connectivity index (χ0v) is 23.6. The molecule has 11 heteroatoms. The van der Waals surface area contributed by atoms with Crippen LogP contribution in [0.15, 0.2) is 66.7 Å². The fourth-order valence-corrected chi connectivity index (χ4v) is 4.55. The number of anilines is 2. The molecule has 0 saturated carbocycles. The van der Waals surface area contributed by atoms with Gasteiger partial charge in [-0.2, -0.15) is 5.06 Å². The molecule has 4 rings (SSSR count). The summed E-state index contributed by atoms with van der Waals surface area (Å²) in [6, 6.07) is 18.3. The van der Waals surface area contributed by atoms with Crippen LogP contribution in [0.4, 0.5) is 16.2 Å². The lowest BCUT2D eigenvalue weighted by Gasteiger charge is -2.23. The molecule has 0 radical (unpaired) electrons. The lowest BCUT2D eigenvalue weighted by Crippen LogP contribution is -2.36. The first-order valence-corrected chi connectivity index (χ1v) is 13.5. The van der Waals surface area contributed by atoms with Crippen molar-refractivity contribution in [1.29, 1.82) is 0 Å². The summed E-state index contributed by atoms with van der Waals surface area (Å²) in [7, 11) is 2.83. The van der Waals surface area contributed by atoms with Gasteiger partial charge in [0.25, 0.3) is 0 Å². The highest BCUT2D eigenvalue weighted by Crippen LogP contribution is 2.27. The summed E-state index contributed by atoms with van der Waals surface area (Å²) in [6.45, 7) is 1.02. The van der Waals surface area contributed by atoms with E-state index in [-0.39, 0.29) is 24.9 Å². The number of hydrogen-bond donors (Lipinski definition) is 2. The third kappa shape index (κ3) is 8.43. The van der Waals surface area contributed by atoms with E-state index < -0.39 is 12.0 Å². The molecule has 1 heterocycles. The molecule has 2 N–H and O–H groups in total. The van der Waals surface area contributed by atoms with Gasteiger partial charge in [0.15, 0.2) is 5.78 Å². The molecular weight excluding hydrogens is 550 g/mol. The number of benzene rings is 3. The average molecular weight is 582 g/mol. The molecule has 216 valence electrons. The van der Waals surface area contributed by atoms with E-state index in [0.717, 1.165) is 18.4 Å². The van der Waals surface area contributed by atoms with Crippen LogP contribution in [0, 0.1) is 0 Å². The van der Waals surface area contributed by atoms with Crippen LogP contribution in [0.3, 0.4) is 0 Å². The highest BCUT2D eigenvalue weighted by atomic mass is 35.5. The summed E-state index contributed by atoms with van der Waals surface area (Å²) in [4.78, 5) is 42.6. The minimum absolute atomic E-state index is 0.00505. The van der Waals surface area contributed by atoms with Gasteiger partial charge in [-0.05, 0) is 66.9 Å². The van der Waals surface area contributed by atoms with Crippen molar-refractivity contribution in [3.8, 4) is 11.5 Å². The van der Waals surface area contributed by atoms with Gasteiger partial charge in [0.05, 0.1) is 42.2 Å². The van der Waals surface area contributed by atoms with E-state index in [0.29, 0.717) is 46.6 Å². The highest BCUT2D eigenvalue weighted by molar-refractivity contribution is 6.33. The summed E-state index contributed by atoms with van der Waals surface area (Å²) >= 11 is 6.10. The Morgan fingerprint density at radius 2 is 1.73 bits per heavy atom. The molecule has 1 fully saturated rings. The number of halogens is 1. The van der Waals surface area contributed by atoms with E-state index in [9.17, 15) is 14.4 Å². The highest BCUT2D eigenvalue weighted by Gasteiger charge is 2.27. The molecule has 1 aliphatic heterocycles. The van der Waals surface area contributed by atoms with Crippen LogP contribution in [0.5, 0.6) is 11.5 Å². The number of carbonyl (C=O) groups excluding carboxylic acids is 3. The SMILES string of the molecule is COC(=O)c1ccc(OC[C@@H]2CCCN2OCC(=O)Cc2ccc(NC(=O)Nc3ccccc3Cl)c(OC)c2)cc1. The summed E-state index contributed by atoms with van der Waals surface area (Å²) in [5, 5.41) is 7.65. The summed E-state index contributed by atoms with van der Waals surface area (Å²) in [5.74, 6) is 0.546. The molecule has 0 spiro atoms. The first-order chi connectivity index (χ1) is 19.9. The predicted octanol–water partition coefficient (Wildman–Crippen LogP) is 5.37. The number of para-hydroxylation sites is 1. The van der Waals surface area contributed by atoms with Crippen molar-refractivity contribution < 1.29 is 33.4 Å². The van der Waals surface area contributed by atoms with Gasteiger partial charge < -0.3 is 24.8 Å². The van der Waals surface area contributed by atoms with E-state index in [4.69, 9.17) is 30.6 Å². The van der Waals surface area contributed by atoms with Crippen molar-refractivity contribution in [2.75, 3.05) is 44.6 Å². The van der Waals surface area contributed by atoms with Crippen molar-refractivity contribution in [3.63, 3.8) is 0 Å². The zero-order valence-electron chi connectivity index (χ0n) is 22.9. The maximum Gasteiger partial charge on any atom is 0.337 e. The van der Waals surface area contributed by atoms with E-state index in [2.05, 4.69) is 10.6 Å². The zero-order chi connectivity index (χ0) is 29.2. The molecule has 0 aromatic heterocycles. The van der Waals surface area contributed by atoms with Crippen LogP contribution in [-0.4, -0.2) is 62.9 Å². The fraction of sp³-hybridized carbons (Fsp3) is 0.300. The number of esters is 1. The summed E-state index contributed by atoms with van der Waals surface area (Å²) < 4.78 is 16.0. The lowest BCUT2D eigenvalue weighted by molar-refractivity contribution is -0.179. The second-order valence-corrected chi connectivity index (χ2v) is 9.75. The van der Waals surface area contributed by atoms with Gasteiger partial charge in [0.1, 0.15) is 24.7 Å². The summed E-state index contributed by atoms with van der Waals surface area (Å²) in [5.41, 5.74) is 2.11. The number of nitrogens with one attached hydrogen (secondary N) is 2. The Morgan fingerprint density at radius 1 is 0.976 bits per heavy atom. The van der Waals surface area contributed by atoms with E-state index in [1.165, 1.54) is 14.2 Å². The number of hydroxylamine groups is 2. The number of carbonyl (C=O) groups is 3. The van der Waals surface area contributed by atoms with Gasteiger partial charge >= 0.3 is 12.0 Å². The predicted molar refractivity (Wildman–Crippen MR) is 155 cm³/mol. The number of Topliss-reactive ketones (excluding diaryl/α,β-unsaturated/α-hetero) is 1. The van der Waals surface area contributed by atoms with Crippen LogP contribution in [0.1, 0.15) is 28.8 Å². The monoisotopic (exact) mass is 581 g/mol. The van der Waals surface area contributed by atoms with Gasteiger partial charge in [-0.25, -0.2) is 9.59 Å². The number of amides is 2. The Balaban J connectivity index is 1.25. The molecular formula is C30H32ClN3O7. The van der Waals surface area contributed by atoms with Gasteiger partial charge in [0, 0.05) is 13.0 Å². The molecule has 0 bridgehead atoms. The van der Waals surface area contributed by atoms with Crippen LogP contribution in [0.25, 0.3) is 0 Å². The number of ether oxygens (including phenoxy) is 3. The van der Waals surface area contributed by atoms with Gasteiger partial charge in [0.2, 0.25) is 0 Å². The maximum atomic E-state index is 12.7. The normalized spacial score (nSPS) is 14.8. The van der Waals surface area contributed by atoms with Gasteiger partial charge in [-0.3, -0.25) is 9.63 Å². The molecule has 0 unspecified atom stereocenters. The fourth-order valence-electron chi connectivity index (χ4n) is 4.36. The number of ketones is 1. The van der Waals surface area contributed by atoms with Crippen LogP contribution in [0.2, 0.25) is 5.02 Å². The van der Waals surface area contributed by atoms with Crippen molar-refractivity contribution >= 4 is 40.8 Å². The largest absolute Gasteiger partial charge is 0.495 e. The first-order valence-electron chi connectivity index (χ1n) is 13.1. The van der Waals surface area contributed by atoms with Crippen molar-refractivity contribution in [3.05, 3.63) is 82.9 Å². The Kier molecular flexibility index (Phi) is 10.6. The van der Waals surface area contributed by atoms with Crippen LogP contribution >= 0.6 is 11.6 Å². The van der Waals surface area contributed by atoms with E-state index in [1.807, 2.05) is 0 Å². The second kappa shape index (κ2) is 14.5. The Labute approximate surface area is 243 Å². The third-order valence-corrected chi connectivity index (χ3v) is 6.80. The number of nitrogens with zero attached hydrogens (tertiary/aromatic N) is 1. The smallest absolute Gasteiger partial charge is 0.337 e. The standard InChI is InChI=1S/C30H32ClN3O7/c1-38-28-17-20(9-14-27(28)33-30(37)32-26-8-4-3-7-25(26)31)16-23(35)19-41-34-15-5-6-22(34)18-40-24-12-10-21(11-13-24)29(36)39-2/h3-4,7-14,17,22H,5-6,15-16,18-19H2,1-2H3,(H2,32,33,37)/t22-/m0/s1. The molecule has 41 heavy (non-hydrogen) atoms. The average Bonchev–Trinajstić information content (AvgIpc) is 3.44. The quantitative estimate of drug-likeness (QED) is 0.274. The first kappa shape index (κ1) is 29.9. The molecule has 1 aliphatic rings. The molecule has 3 aromatic carbocycles. The molecule has 3 aromatic rings. The third-order valence-electron chi connectivity index (χ3n) is 6.47.